The van der Waals surface area contributed by atoms with Gasteiger partial charge in [-0.15, -0.1) is 0 Å². The third-order valence-corrected chi connectivity index (χ3v) is 3.80. The van der Waals surface area contributed by atoms with Gasteiger partial charge in [0, 0.05) is 18.1 Å². The van der Waals surface area contributed by atoms with E-state index in [4.69, 9.17) is 16.1 Å². The Morgan fingerprint density at radius 1 is 1.26 bits per heavy atom. The van der Waals surface area contributed by atoms with Gasteiger partial charge in [0.25, 0.3) is 0 Å². The lowest BCUT2D eigenvalue weighted by molar-refractivity contribution is 0.371. The van der Waals surface area contributed by atoms with E-state index in [1.54, 1.807) is 7.05 Å². The summed E-state index contributed by atoms with van der Waals surface area (Å²) in [5, 5.41) is 11.3. The third-order valence-electron chi connectivity index (χ3n) is 3.55. The number of nitrogens with one attached hydrogen (secondary N) is 2. The summed E-state index contributed by atoms with van der Waals surface area (Å²) in [6, 6.07) is 9.84. The van der Waals surface area contributed by atoms with Crippen molar-refractivity contribution in [2.75, 3.05) is 7.05 Å². The Morgan fingerprint density at radius 3 is 2.52 bits per heavy atom. The van der Waals surface area contributed by atoms with Gasteiger partial charge in [0.05, 0.1) is 18.3 Å². The minimum absolute atomic E-state index is 0.111. The number of rotatable bonds is 5. The van der Waals surface area contributed by atoms with Gasteiger partial charge in [-0.05, 0) is 30.5 Å². The number of aliphatic imine (C=N–C) groups is 1. The van der Waals surface area contributed by atoms with Crippen LogP contribution in [0, 0.1) is 0 Å². The molecular formula is C17H23ClN4O. The van der Waals surface area contributed by atoms with Gasteiger partial charge in [-0.25, -0.2) is 0 Å². The van der Waals surface area contributed by atoms with Crippen molar-refractivity contribution in [3.63, 3.8) is 0 Å². The Hall–Kier alpha value is -2.01. The van der Waals surface area contributed by atoms with Crippen LogP contribution in [-0.4, -0.2) is 18.2 Å². The fraction of sp³-hybridized carbons (Fsp3) is 0.412. The highest BCUT2D eigenvalue weighted by Crippen LogP contribution is 2.16. The highest BCUT2D eigenvalue weighted by Gasteiger charge is 2.10. The molecule has 0 bridgehead atoms. The van der Waals surface area contributed by atoms with Crippen LogP contribution in [0.15, 0.2) is 39.8 Å². The molecule has 2 N–H and O–H groups in total. The fourth-order valence-electron chi connectivity index (χ4n) is 2.09. The first kappa shape index (κ1) is 17.3. The Kier molecular flexibility index (Phi) is 6.04. The predicted octanol–water partition coefficient (Wildman–Crippen LogP) is 3.88. The molecule has 0 aliphatic carbocycles. The topological polar surface area (TPSA) is 62.5 Å². The van der Waals surface area contributed by atoms with Crippen molar-refractivity contribution in [1.29, 1.82) is 0 Å². The maximum absolute atomic E-state index is 5.92. The second-order valence-electron chi connectivity index (χ2n) is 5.72. The van der Waals surface area contributed by atoms with Crippen molar-refractivity contribution in [3.8, 4) is 0 Å². The lowest BCUT2D eigenvalue weighted by Gasteiger charge is -2.17. The molecule has 5 nitrogen and oxygen atoms in total. The monoisotopic (exact) mass is 334 g/mol. The summed E-state index contributed by atoms with van der Waals surface area (Å²) in [5.74, 6) is 1.85. The van der Waals surface area contributed by atoms with Crippen LogP contribution in [0.3, 0.4) is 0 Å². The molecule has 1 heterocycles. The lowest BCUT2D eigenvalue weighted by atomic mass is 10.1. The molecule has 2 aromatic rings. The van der Waals surface area contributed by atoms with Gasteiger partial charge in [0.15, 0.2) is 11.7 Å². The minimum atomic E-state index is 0.111. The first-order valence-corrected chi connectivity index (χ1v) is 8.05. The SMILES string of the molecule is CN=C(NCc1cc(C(C)C)no1)NC(C)c1ccc(Cl)cc1. The van der Waals surface area contributed by atoms with Crippen molar-refractivity contribution in [3.05, 3.63) is 52.4 Å². The quantitative estimate of drug-likeness (QED) is 0.643. The summed E-state index contributed by atoms with van der Waals surface area (Å²) in [7, 11) is 1.74. The Labute approximate surface area is 142 Å². The van der Waals surface area contributed by atoms with Gasteiger partial charge >= 0.3 is 0 Å². The molecular weight excluding hydrogens is 312 g/mol. The number of hydrogen-bond acceptors (Lipinski definition) is 3. The maximum Gasteiger partial charge on any atom is 0.191 e. The molecule has 0 radical (unpaired) electrons. The summed E-state index contributed by atoms with van der Waals surface area (Å²) in [6.07, 6.45) is 0. The third kappa shape index (κ3) is 4.99. The van der Waals surface area contributed by atoms with Crippen molar-refractivity contribution in [2.24, 2.45) is 4.99 Å². The Bertz CT molecular complexity index is 649. The van der Waals surface area contributed by atoms with Crippen LogP contribution < -0.4 is 10.6 Å². The van der Waals surface area contributed by atoms with Gasteiger partial charge in [-0.2, -0.15) is 0 Å². The zero-order chi connectivity index (χ0) is 16.8. The fourth-order valence-corrected chi connectivity index (χ4v) is 2.22. The lowest BCUT2D eigenvalue weighted by Crippen LogP contribution is -2.38. The molecule has 0 saturated heterocycles. The summed E-state index contributed by atoms with van der Waals surface area (Å²) in [5.41, 5.74) is 2.10. The van der Waals surface area contributed by atoms with E-state index in [-0.39, 0.29) is 6.04 Å². The predicted molar refractivity (Wildman–Crippen MR) is 93.8 cm³/mol. The average Bonchev–Trinajstić information content (AvgIpc) is 3.01. The smallest absolute Gasteiger partial charge is 0.191 e. The van der Waals surface area contributed by atoms with E-state index in [0.717, 1.165) is 22.0 Å². The van der Waals surface area contributed by atoms with Gasteiger partial charge in [-0.3, -0.25) is 4.99 Å². The van der Waals surface area contributed by atoms with Crippen LogP contribution in [0.1, 0.15) is 49.7 Å². The van der Waals surface area contributed by atoms with E-state index in [1.165, 1.54) is 0 Å². The Morgan fingerprint density at radius 2 is 1.96 bits per heavy atom. The molecule has 0 amide bonds. The first-order valence-electron chi connectivity index (χ1n) is 7.67. The van der Waals surface area contributed by atoms with Crippen molar-refractivity contribution >= 4 is 17.6 Å². The van der Waals surface area contributed by atoms with Gasteiger partial charge in [-0.1, -0.05) is 42.7 Å². The summed E-state index contributed by atoms with van der Waals surface area (Å²) in [4.78, 5) is 4.23. The van der Waals surface area contributed by atoms with Gasteiger partial charge < -0.3 is 15.2 Å². The van der Waals surface area contributed by atoms with Crippen molar-refractivity contribution in [1.82, 2.24) is 15.8 Å². The second-order valence-corrected chi connectivity index (χ2v) is 6.15. The first-order chi connectivity index (χ1) is 11.0. The molecule has 124 valence electrons. The van der Waals surface area contributed by atoms with Crippen LogP contribution in [-0.2, 0) is 6.54 Å². The van der Waals surface area contributed by atoms with E-state index in [9.17, 15) is 0 Å². The van der Waals surface area contributed by atoms with Crippen molar-refractivity contribution in [2.45, 2.75) is 39.3 Å². The Balaban J connectivity index is 1.91. The molecule has 1 unspecified atom stereocenters. The summed E-state index contributed by atoms with van der Waals surface area (Å²) < 4.78 is 5.31. The van der Waals surface area contributed by atoms with E-state index in [1.807, 2.05) is 30.3 Å². The van der Waals surface area contributed by atoms with Crippen LogP contribution in [0.2, 0.25) is 5.02 Å². The molecule has 1 atom stereocenters. The molecule has 0 fully saturated rings. The van der Waals surface area contributed by atoms with Crippen LogP contribution in [0.5, 0.6) is 0 Å². The highest BCUT2D eigenvalue weighted by atomic mass is 35.5. The number of halogens is 1. The number of guanidine groups is 1. The van der Waals surface area contributed by atoms with Gasteiger partial charge in [0.2, 0.25) is 0 Å². The van der Waals surface area contributed by atoms with Crippen molar-refractivity contribution < 1.29 is 4.52 Å². The molecule has 23 heavy (non-hydrogen) atoms. The van der Waals surface area contributed by atoms with Crippen LogP contribution in [0.4, 0.5) is 0 Å². The highest BCUT2D eigenvalue weighted by molar-refractivity contribution is 6.30. The van der Waals surface area contributed by atoms with E-state index in [0.29, 0.717) is 18.4 Å². The maximum atomic E-state index is 5.92. The molecule has 1 aromatic carbocycles. The summed E-state index contributed by atoms with van der Waals surface area (Å²) >= 11 is 5.92. The molecule has 6 heteroatoms. The minimum Gasteiger partial charge on any atom is -0.359 e. The second kappa shape index (κ2) is 8.02. The zero-order valence-electron chi connectivity index (χ0n) is 13.9. The number of hydrogen-bond donors (Lipinski definition) is 2. The number of aromatic nitrogens is 1. The molecule has 1 aromatic heterocycles. The van der Waals surface area contributed by atoms with Crippen LogP contribution in [0.25, 0.3) is 0 Å². The normalized spacial score (nSPS) is 13.2. The zero-order valence-corrected chi connectivity index (χ0v) is 14.7. The van der Waals surface area contributed by atoms with Crippen LogP contribution >= 0.6 is 11.6 Å². The van der Waals surface area contributed by atoms with E-state index >= 15 is 0 Å². The summed E-state index contributed by atoms with van der Waals surface area (Å²) in [6.45, 7) is 6.78. The standard InChI is InChI=1S/C17H23ClN4O/c1-11(2)16-9-15(23-22-16)10-20-17(19-4)21-12(3)13-5-7-14(18)8-6-13/h5-9,11-12H,10H2,1-4H3,(H2,19,20,21). The molecule has 2 rings (SSSR count). The molecule has 0 aliphatic heterocycles. The van der Waals surface area contributed by atoms with E-state index in [2.05, 4.69) is 41.6 Å². The largest absolute Gasteiger partial charge is 0.359 e. The average molecular weight is 335 g/mol. The number of benzene rings is 1. The van der Waals surface area contributed by atoms with Gasteiger partial charge in [0.1, 0.15) is 0 Å². The molecule has 0 aliphatic rings. The van der Waals surface area contributed by atoms with E-state index < -0.39 is 0 Å². The molecule has 0 saturated carbocycles. The molecule has 0 spiro atoms. The number of nitrogens with zero attached hydrogens (tertiary/aromatic N) is 2.